The minimum absolute atomic E-state index is 0.00257. The Hall–Kier alpha value is -3.81. The summed E-state index contributed by atoms with van der Waals surface area (Å²) in [6, 6.07) is 13.6. The predicted octanol–water partition coefficient (Wildman–Crippen LogP) is 2.90. The van der Waals surface area contributed by atoms with Crippen molar-refractivity contribution < 1.29 is 4.79 Å². The highest BCUT2D eigenvalue weighted by molar-refractivity contribution is 6.01. The summed E-state index contributed by atoms with van der Waals surface area (Å²) in [5.41, 5.74) is 3.50. The number of rotatable bonds is 4. The number of carbonyl (C=O) groups excluding carboxylic acids is 1. The van der Waals surface area contributed by atoms with Crippen LogP contribution in [0.1, 0.15) is 11.4 Å². The molecule has 0 unspecified atom stereocenters. The summed E-state index contributed by atoms with van der Waals surface area (Å²) in [5, 5.41) is 8.51. The molecule has 0 spiro atoms. The molecule has 8 nitrogen and oxygen atoms in total. The molecule has 0 radical (unpaired) electrons. The zero-order valence-electron chi connectivity index (χ0n) is 16.8. The van der Waals surface area contributed by atoms with Gasteiger partial charge in [-0.2, -0.15) is 5.10 Å². The average molecular weight is 399 g/mol. The molecule has 0 bridgehead atoms. The van der Waals surface area contributed by atoms with Gasteiger partial charge < -0.3 is 10.2 Å². The van der Waals surface area contributed by atoms with Gasteiger partial charge in [0.2, 0.25) is 5.91 Å². The lowest BCUT2D eigenvalue weighted by molar-refractivity contribution is -0.120. The van der Waals surface area contributed by atoms with Crippen LogP contribution in [-0.4, -0.2) is 43.7 Å². The van der Waals surface area contributed by atoms with Gasteiger partial charge in [0.1, 0.15) is 12.1 Å². The van der Waals surface area contributed by atoms with Crippen LogP contribution in [0.25, 0.3) is 16.7 Å². The second kappa shape index (κ2) is 7.22. The number of aromatic nitrogens is 5. The van der Waals surface area contributed by atoms with E-state index < -0.39 is 0 Å². The third-order valence-corrected chi connectivity index (χ3v) is 5.33. The van der Waals surface area contributed by atoms with Gasteiger partial charge in [-0.3, -0.25) is 9.78 Å². The summed E-state index contributed by atoms with van der Waals surface area (Å²) in [6.07, 6.45) is 3.27. The molecule has 3 aromatic heterocycles. The minimum Gasteiger partial charge on any atom is -0.355 e. The molecule has 1 fully saturated rings. The number of anilines is 2. The summed E-state index contributed by atoms with van der Waals surface area (Å²) >= 11 is 0. The maximum absolute atomic E-state index is 12.7. The van der Waals surface area contributed by atoms with Crippen LogP contribution in [0, 0.1) is 19.8 Å². The standard InChI is InChI=1S/C22H21N7O/c1-14-9-15(2)29(27-14)20-10-19(24-13-25-20)28-11-17(12-28)22(30)26-18-7-3-5-16-6-4-8-23-21(16)18/h3-10,13,17H,11-12H2,1-2H3,(H,26,30). The molecule has 150 valence electrons. The van der Waals surface area contributed by atoms with E-state index in [1.807, 2.05) is 56.3 Å². The van der Waals surface area contributed by atoms with E-state index in [0.717, 1.165) is 39.6 Å². The molecule has 0 saturated carbocycles. The SMILES string of the molecule is Cc1cc(C)n(-c2cc(N3CC(C(=O)Nc4cccc5cccnc45)C3)ncn2)n1. The zero-order valence-corrected chi connectivity index (χ0v) is 16.8. The average Bonchev–Trinajstić information content (AvgIpc) is 3.05. The Bertz CT molecular complexity index is 1240. The van der Waals surface area contributed by atoms with Crippen LogP contribution in [0.3, 0.4) is 0 Å². The van der Waals surface area contributed by atoms with E-state index in [1.165, 1.54) is 6.33 Å². The Morgan fingerprint density at radius 2 is 1.83 bits per heavy atom. The molecule has 1 aromatic carbocycles. The van der Waals surface area contributed by atoms with Gasteiger partial charge in [0, 0.05) is 36.4 Å². The first-order valence-corrected chi connectivity index (χ1v) is 9.84. The molecule has 4 heterocycles. The molecule has 1 saturated heterocycles. The molecule has 8 heteroatoms. The van der Waals surface area contributed by atoms with Crippen LogP contribution in [0.5, 0.6) is 0 Å². The molecule has 1 amide bonds. The van der Waals surface area contributed by atoms with E-state index in [-0.39, 0.29) is 11.8 Å². The Kier molecular flexibility index (Phi) is 4.39. The second-order valence-corrected chi connectivity index (χ2v) is 7.55. The lowest BCUT2D eigenvalue weighted by atomic mass is 9.99. The number of carbonyl (C=O) groups is 1. The van der Waals surface area contributed by atoms with Gasteiger partial charge in [0.25, 0.3) is 0 Å². The number of pyridine rings is 1. The van der Waals surface area contributed by atoms with Crippen molar-refractivity contribution >= 4 is 28.3 Å². The molecule has 1 N–H and O–H groups in total. The number of nitrogens with one attached hydrogen (secondary N) is 1. The predicted molar refractivity (Wildman–Crippen MR) is 115 cm³/mol. The summed E-state index contributed by atoms with van der Waals surface area (Å²) in [6.45, 7) is 5.17. The van der Waals surface area contributed by atoms with E-state index in [2.05, 4.69) is 30.3 Å². The van der Waals surface area contributed by atoms with Crippen molar-refractivity contribution in [2.75, 3.05) is 23.3 Å². The maximum atomic E-state index is 12.7. The van der Waals surface area contributed by atoms with Crippen LogP contribution >= 0.6 is 0 Å². The number of fused-ring (bicyclic) bond motifs is 1. The van der Waals surface area contributed by atoms with Crippen molar-refractivity contribution in [1.82, 2.24) is 24.7 Å². The highest BCUT2D eigenvalue weighted by Gasteiger charge is 2.34. The number of amides is 1. The molecule has 1 aliphatic rings. The molecular weight excluding hydrogens is 378 g/mol. The van der Waals surface area contributed by atoms with Crippen LogP contribution < -0.4 is 10.2 Å². The first-order chi connectivity index (χ1) is 14.6. The fourth-order valence-electron chi connectivity index (χ4n) is 3.76. The fraction of sp³-hybridized carbons (Fsp3) is 0.227. The van der Waals surface area contributed by atoms with E-state index in [1.54, 1.807) is 10.9 Å². The lowest BCUT2D eigenvalue weighted by Gasteiger charge is -2.39. The van der Waals surface area contributed by atoms with E-state index in [0.29, 0.717) is 13.1 Å². The quantitative estimate of drug-likeness (QED) is 0.568. The summed E-state index contributed by atoms with van der Waals surface area (Å²) in [5.74, 6) is 1.41. The van der Waals surface area contributed by atoms with Gasteiger partial charge in [-0.1, -0.05) is 18.2 Å². The van der Waals surface area contributed by atoms with Crippen LogP contribution in [0.2, 0.25) is 0 Å². The third kappa shape index (κ3) is 3.26. The van der Waals surface area contributed by atoms with Gasteiger partial charge in [-0.25, -0.2) is 14.6 Å². The number of aryl methyl sites for hydroxylation is 2. The Labute approximate surface area is 173 Å². The number of benzene rings is 1. The highest BCUT2D eigenvalue weighted by atomic mass is 16.2. The largest absolute Gasteiger partial charge is 0.355 e. The van der Waals surface area contributed by atoms with Gasteiger partial charge in [-0.05, 0) is 32.0 Å². The van der Waals surface area contributed by atoms with Crippen molar-refractivity contribution in [2.45, 2.75) is 13.8 Å². The number of nitrogens with zero attached hydrogens (tertiary/aromatic N) is 6. The van der Waals surface area contributed by atoms with Crippen molar-refractivity contribution in [3.8, 4) is 5.82 Å². The van der Waals surface area contributed by atoms with Crippen molar-refractivity contribution in [1.29, 1.82) is 0 Å². The van der Waals surface area contributed by atoms with Gasteiger partial charge >= 0.3 is 0 Å². The number of hydrogen-bond acceptors (Lipinski definition) is 6. The number of hydrogen-bond donors (Lipinski definition) is 1. The smallest absolute Gasteiger partial charge is 0.231 e. The highest BCUT2D eigenvalue weighted by Crippen LogP contribution is 2.26. The van der Waals surface area contributed by atoms with Crippen molar-refractivity contribution in [3.63, 3.8) is 0 Å². The molecule has 1 aliphatic heterocycles. The van der Waals surface area contributed by atoms with E-state index in [9.17, 15) is 4.79 Å². The monoisotopic (exact) mass is 399 g/mol. The van der Waals surface area contributed by atoms with E-state index >= 15 is 0 Å². The molecular formula is C22H21N7O. The third-order valence-electron chi connectivity index (χ3n) is 5.33. The minimum atomic E-state index is -0.101. The van der Waals surface area contributed by atoms with Gasteiger partial charge in [0.05, 0.1) is 22.8 Å². The summed E-state index contributed by atoms with van der Waals surface area (Å²) in [4.78, 5) is 27.9. The molecule has 0 atom stereocenters. The molecule has 4 aromatic rings. The van der Waals surface area contributed by atoms with Crippen LogP contribution in [-0.2, 0) is 4.79 Å². The van der Waals surface area contributed by atoms with Crippen molar-refractivity contribution in [3.05, 3.63) is 66.4 Å². The van der Waals surface area contributed by atoms with E-state index in [4.69, 9.17) is 0 Å². The molecule has 30 heavy (non-hydrogen) atoms. The Balaban J connectivity index is 1.28. The van der Waals surface area contributed by atoms with Gasteiger partial charge in [-0.15, -0.1) is 0 Å². The van der Waals surface area contributed by atoms with Crippen molar-refractivity contribution in [2.24, 2.45) is 5.92 Å². The fourth-order valence-corrected chi connectivity index (χ4v) is 3.76. The first kappa shape index (κ1) is 18.2. The second-order valence-electron chi connectivity index (χ2n) is 7.55. The molecule has 0 aliphatic carbocycles. The maximum Gasteiger partial charge on any atom is 0.231 e. The van der Waals surface area contributed by atoms with Crippen LogP contribution in [0.4, 0.5) is 11.5 Å². The zero-order chi connectivity index (χ0) is 20.7. The Morgan fingerprint density at radius 3 is 2.63 bits per heavy atom. The Morgan fingerprint density at radius 1 is 1.03 bits per heavy atom. The number of para-hydroxylation sites is 1. The molecule has 5 rings (SSSR count). The normalized spacial score (nSPS) is 14.0. The summed E-state index contributed by atoms with van der Waals surface area (Å²) in [7, 11) is 0. The summed E-state index contributed by atoms with van der Waals surface area (Å²) < 4.78 is 1.80. The lowest BCUT2D eigenvalue weighted by Crippen LogP contribution is -2.52. The van der Waals surface area contributed by atoms with Gasteiger partial charge in [0.15, 0.2) is 5.82 Å². The topological polar surface area (TPSA) is 88.8 Å². The first-order valence-electron chi connectivity index (χ1n) is 9.84. The van der Waals surface area contributed by atoms with Crippen LogP contribution in [0.15, 0.2) is 55.0 Å².